The van der Waals surface area contributed by atoms with Gasteiger partial charge in [-0.25, -0.2) is 8.42 Å². The summed E-state index contributed by atoms with van der Waals surface area (Å²) in [6, 6.07) is 11.7. The summed E-state index contributed by atoms with van der Waals surface area (Å²) in [5.74, 6) is 0.687. The van der Waals surface area contributed by atoms with Crippen LogP contribution in [0.1, 0.15) is 48.7 Å². The highest BCUT2D eigenvalue weighted by Gasteiger charge is 2.31. The van der Waals surface area contributed by atoms with Crippen molar-refractivity contribution in [3.8, 4) is 5.75 Å². The van der Waals surface area contributed by atoms with E-state index in [0.717, 1.165) is 18.4 Å². The van der Waals surface area contributed by atoms with Gasteiger partial charge in [0.25, 0.3) is 5.91 Å². The van der Waals surface area contributed by atoms with Gasteiger partial charge in [-0.1, -0.05) is 36.7 Å². The second-order valence-electron chi connectivity index (χ2n) is 8.09. The Morgan fingerprint density at radius 3 is 2.65 bits per heavy atom. The molecule has 2 aromatic rings. The van der Waals surface area contributed by atoms with Crippen LogP contribution in [0.2, 0.25) is 5.02 Å². The smallest absolute Gasteiger partial charge is 0.254 e. The number of methoxy groups -OCH3 is 1. The van der Waals surface area contributed by atoms with Crippen LogP contribution in [0.15, 0.2) is 47.4 Å². The molecular formula is C23H29ClN2O4S. The molecule has 1 fully saturated rings. The molecule has 1 aliphatic heterocycles. The van der Waals surface area contributed by atoms with Crippen LogP contribution in [-0.2, 0) is 10.0 Å². The fourth-order valence-corrected chi connectivity index (χ4v) is 6.04. The molecule has 168 valence electrons. The molecule has 31 heavy (non-hydrogen) atoms. The summed E-state index contributed by atoms with van der Waals surface area (Å²) >= 11 is 6.27. The van der Waals surface area contributed by atoms with Crippen LogP contribution in [0.25, 0.3) is 0 Å². The lowest BCUT2D eigenvalue weighted by Gasteiger charge is -2.30. The molecule has 3 rings (SSSR count). The molecular weight excluding hydrogens is 436 g/mol. The third-order valence-corrected chi connectivity index (χ3v) is 8.25. The molecule has 1 aliphatic rings. The standard InChI is InChI=1S/C23H29ClN2O4S/c1-16-8-7-13-26(15-16)31(28,29)22-14-18(11-12-20(22)24)23(27)25(3)17(2)19-9-5-6-10-21(19)30-4/h5-6,9-12,14,16-17H,7-8,13,15H2,1-4H3. The molecule has 0 saturated carbocycles. The summed E-state index contributed by atoms with van der Waals surface area (Å²) < 4.78 is 33.4. The Kier molecular flexibility index (Phi) is 7.29. The number of carbonyl (C=O) groups is 1. The average Bonchev–Trinajstić information content (AvgIpc) is 2.77. The number of ether oxygens (including phenoxy) is 1. The lowest BCUT2D eigenvalue weighted by Crippen LogP contribution is -2.39. The Bertz CT molecular complexity index is 1060. The van der Waals surface area contributed by atoms with Crippen molar-refractivity contribution in [3.63, 3.8) is 0 Å². The summed E-state index contributed by atoms with van der Waals surface area (Å²) in [6.07, 6.45) is 1.82. The number of para-hydroxylation sites is 1. The minimum Gasteiger partial charge on any atom is -0.496 e. The lowest BCUT2D eigenvalue weighted by atomic mass is 10.0. The van der Waals surface area contributed by atoms with Gasteiger partial charge in [0.1, 0.15) is 10.6 Å². The molecule has 2 atom stereocenters. The van der Waals surface area contributed by atoms with Crippen molar-refractivity contribution in [2.24, 2.45) is 5.92 Å². The zero-order chi connectivity index (χ0) is 22.8. The molecule has 8 heteroatoms. The third kappa shape index (κ3) is 4.89. The summed E-state index contributed by atoms with van der Waals surface area (Å²) in [6.45, 7) is 4.86. The van der Waals surface area contributed by atoms with E-state index in [2.05, 4.69) is 0 Å². The second kappa shape index (κ2) is 9.59. The maximum Gasteiger partial charge on any atom is 0.254 e. The molecule has 0 spiro atoms. The monoisotopic (exact) mass is 464 g/mol. The molecule has 0 aliphatic carbocycles. The first kappa shape index (κ1) is 23.6. The molecule has 2 aromatic carbocycles. The topological polar surface area (TPSA) is 66.9 Å². The number of rotatable bonds is 6. The van der Waals surface area contributed by atoms with Crippen molar-refractivity contribution < 1.29 is 17.9 Å². The van der Waals surface area contributed by atoms with E-state index in [4.69, 9.17) is 16.3 Å². The molecule has 1 heterocycles. The van der Waals surface area contributed by atoms with Crippen LogP contribution in [0, 0.1) is 5.92 Å². The van der Waals surface area contributed by atoms with Crippen LogP contribution in [0.4, 0.5) is 0 Å². The van der Waals surface area contributed by atoms with Crippen molar-refractivity contribution in [1.82, 2.24) is 9.21 Å². The number of amides is 1. The van der Waals surface area contributed by atoms with Gasteiger partial charge < -0.3 is 9.64 Å². The molecule has 1 saturated heterocycles. The van der Waals surface area contributed by atoms with E-state index in [-0.39, 0.29) is 27.4 Å². The highest BCUT2D eigenvalue weighted by molar-refractivity contribution is 7.89. The number of carbonyl (C=O) groups excluding carboxylic acids is 1. The molecule has 2 unspecified atom stereocenters. The van der Waals surface area contributed by atoms with E-state index in [1.165, 1.54) is 16.4 Å². The summed E-state index contributed by atoms with van der Waals surface area (Å²) in [4.78, 5) is 14.8. The quantitative estimate of drug-likeness (QED) is 0.626. The van der Waals surface area contributed by atoms with E-state index in [0.29, 0.717) is 24.8 Å². The van der Waals surface area contributed by atoms with Crippen molar-refractivity contribution in [3.05, 3.63) is 58.6 Å². The fourth-order valence-electron chi connectivity index (χ4n) is 3.94. The number of sulfonamides is 1. The number of nitrogens with zero attached hydrogens (tertiary/aromatic N) is 2. The first-order valence-electron chi connectivity index (χ1n) is 10.4. The van der Waals surface area contributed by atoms with Gasteiger partial charge in [-0.3, -0.25) is 4.79 Å². The van der Waals surface area contributed by atoms with Crippen LogP contribution < -0.4 is 4.74 Å². The van der Waals surface area contributed by atoms with E-state index < -0.39 is 10.0 Å². The number of halogens is 1. The average molecular weight is 465 g/mol. The van der Waals surface area contributed by atoms with Crippen molar-refractivity contribution in [1.29, 1.82) is 0 Å². The lowest BCUT2D eigenvalue weighted by molar-refractivity contribution is 0.0741. The van der Waals surface area contributed by atoms with Gasteiger partial charge in [0.2, 0.25) is 10.0 Å². The van der Waals surface area contributed by atoms with Crippen LogP contribution in [0.3, 0.4) is 0 Å². The summed E-state index contributed by atoms with van der Waals surface area (Å²) in [5.41, 5.74) is 1.14. The van der Waals surface area contributed by atoms with E-state index in [1.54, 1.807) is 25.1 Å². The first-order chi connectivity index (χ1) is 14.7. The predicted octanol–water partition coefficient (Wildman–Crippen LogP) is 4.60. The van der Waals surface area contributed by atoms with Gasteiger partial charge >= 0.3 is 0 Å². The normalized spacial score (nSPS) is 18.4. The van der Waals surface area contributed by atoms with Gasteiger partial charge in [-0.15, -0.1) is 0 Å². The molecule has 0 radical (unpaired) electrons. The predicted molar refractivity (Wildman–Crippen MR) is 122 cm³/mol. The van der Waals surface area contributed by atoms with E-state index in [1.807, 2.05) is 38.1 Å². The highest BCUT2D eigenvalue weighted by Crippen LogP contribution is 2.32. The van der Waals surface area contributed by atoms with Crippen molar-refractivity contribution >= 4 is 27.5 Å². The minimum absolute atomic E-state index is 0.0209. The first-order valence-corrected chi connectivity index (χ1v) is 12.2. The van der Waals surface area contributed by atoms with Gasteiger partial charge in [0.15, 0.2) is 0 Å². The van der Waals surface area contributed by atoms with Crippen molar-refractivity contribution in [2.75, 3.05) is 27.2 Å². The molecule has 0 aromatic heterocycles. The maximum absolute atomic E-state index is 13.2. The molecule has 1 amide bonds. The Balaban J connectivity index is 1.90. The van der Waals surface area contributed by atoms with Gasteiger partial charge in [-0.2, -0.15) is 4.31 Å². The minimum atomic E-state index is -3.78. The second-order valence-corrected chi connectivity index (χ2v) is 10.4. The third-order valence-electron chi connectivity index (χ3n) is 5.91. The zero-order valence-electron chi connectivity index (χ0n) is 18.3. The number of hydrogen-bond donors (Lipinski definition) is 0. The summed E-state index contributed by atoms with van der Waals surface area (Å²) in [7, 11) is -0.502. The van der Waals surface area contributed by atoms with Crippen LogP contribution in [0.5, 0.6) is 5.75 Å². The highest BCUT2D eigenvalue weighted by atomic mass is 35.5. The fraction of sp³-hybridized carbons (Fsp3) is 0.435. The van der Waals surface area contributed by atoms with Gasteiger partial charge in [0, 0.05) is 31.3 Å². The van der Waals surface area contributed by atoms with E-state index in [9.17, 15) is 13.2 Å². The summed E-state index contributed by atoms with van der Waals surface area (Å²) in [5, 5.41) is 0.121. The maximum atomic E-state index is 13.2. The largest absolute Gasteiger partial charge is 0.496 e. The van der Waals surface area contributed by atoms with E-state index >= 15 is 0 Å². The number of benzene rings is 2. The Hall–Kier alpha value is -2.09. The number of piperidine rings is 1. The van der Waals surface area contributed by atoms with Crippen LogP contribution in [-0.4, -0.2) is 50.8 Å². The van der Waals surface area contributed by atoms with Gasteiger partial charge in [-0.05, 0) is 49.9 Å². The Morgan fingerprint density at radius 1 is 1.26 bits per heavy atom. The SMILES string of the molecule is COc1ccccc1C(C)N(C)C(=O)c1ccc(Cl)c(S(=O)(=O)N2CCCC(C)C2)c1. The number of hydrogen-bond acceptors (Lipinski definition) is 4. The Labute approximate surface area is 189 Å². The molecule has 0 bridgehead atoms. The van der Waals surface area contributed by atoms with Crippen LogP contribution >= 0.6 is 11.6 Å². The molecule has 0 N–H and O–H groups in total. The zero-order valence-corrected chi connectivity index (χ0v) is 19.9. The Morgan fingerprint density at radius 2 is 1.97 bits per heavy atom. The molecule has 6 nitrogen and oxygen atoms in total. The van der Waals surface area contributed by atoms with Gasteiger partial charge in [0.05, 0.1) is 18.2 Å². The van der Waals surface area contributed by atoms with Crippen molar-refractivity contribution in [2.45, 2.75) is 37.6 Å².